The molecule has 0 aliphatic heterocycles. The standard InChI is InChI=1S/C22H23N3O4/c1-14(23)22(28)25(13-20(26)27)21-19-8-5-16(12-17(19)9-10-24-21)11-15-3-6-18(29-2)7-4-15/h3-10,12,14H,11,13,23H2,1-2H3,(H,26,27)/t14-/m0/s1. The molecule has 0 bridgehead atoms. The van der Waals surface area contributed by atoms with E-state index in [-0.39, 0.29) is 0 Å². The van der Waals surface area contributed by atoms with Crippen molar-refractivity contribution >= 4 is 28.5 Å². The van der Waals surface area contributed by atoms with Gasteiger partial charge in [-0.15, -0.1) is 0 Å². The number of carbonyl (C=O) groups is 2. The topological polar surface area (TPSA) is 106 Å². The Morgan fingerprint density at radius 1 is 1.14 bits per heavy atom. The Hall–Kier alpha value is -3.45. The van der Waals surface area contributed by atoms with Gasteiger partial charge in [0.05, 0.1) is 13.2 Å². The lowest BCUT2D eigenvalue weighted by molar-refractivity contribution is -0.136. The van der Waals surface area contributed by atoms with Crippen molar-refractivity contribution in [2.75, 3.05) is 18.6 Å². The van der Waals surface area contributed by atoms with Crippen LogP contribution in [-0.2, 0) is 16.0 Å². The molecule has 7 heteroatoms. The van der Waals surface area contributed by atoms with Gasteiger partial charge in [-0.1, -0.05) is 30.3 Å². The minimum absolute atomic E-state index is 0.295. The third-order valence-electron chi connectivity index (χ3n) is 4.58. The van der Waals surface area contributed by atoms with E-state index in [2.05, 4.69) is 4.98 Å². The fourth-order valence-corrected chi connectivity index (χ4v) is 3.15. The number of aromatic nitrogens is 1. The monoisotopic (exact) mass is 393 g/mol. The number of amides is 1. The van der Waals surface area contributed by atoms with Gasteiger partial charge in [0.15, 0.2) is 0 Å². The van der Waals surface area contributed by atoms with E-state index >= 15 is 0 Å². The number of rotatable bonds is 7. The number of methoxy groups -OCH3 is 1. The van der Waals surface area contributed by atoms with Gasteiger partial charge in [0.1, 0.15) is 18.1 Å². The van der Waals surface area contributed by atoms with E-state index in [0.717, 1.165) is 33.6 Å². The quantitative estimate of drug-likeness (QED) is 0.639. The highest BCUT2D eigenvalue weighted by Gasteiger charge is 2.24. The van der Waals surface area contributed by atoms with Crippen LogP contribution in [0.5, 0.6) is 5.75 Å². The molecule has 0 saturated carbocycles. The Morgan fingerprint density at radius 3 is 2.45 bits per heavy atom. The van der Waals surface area contributed by atoms with Crippen molar-refractivity contribution in [3.8, 4) is 5.75 Å². The highest BCUT2D eigenvalue weighted by molar-refractivity contribution is 6.06. The van der Waals surface area contributed by atoms with Crippen LogP contribution in [0, 0.1) is 0 Å². The number of anilines is 1. The molecule has 0 aliphatic carbocycles. The van der Waals surface area contributed by atoms with E-state index in [1.807, 2.05) is 48.5 Å². The van der Waals surface area contributed by atoms with Crippen molar-refractivity contribution in [3.63, 3.8) is 0 Å². The Bertz CT molecular complexity index is 1030. The molecule has 1 atom stereocenters. The Kier molecular flexibility index (Phi) is 6.09. The number of pyridine rings is 1. The summed E-state index contributed by atoms with van der Waals surface area (Å²) < 4.78 is 5.19. The van der Waals surface area contributed by atoms with Crippen molar-refractivity contribution in [3.05, 3.63) is 65.9 Å². The zero-order chi connectivity index (χ0) is 21.0. The smallest absolute Gasteiger partial charge is 0.323 e. The minimum atomic E-state index is -1.13. The molecule has 0 aliphatic rings. The fraction of sp³-hybridized carbons (Fsp3) is 0.227. The van der Waals surface area contributed by atoms with E-state index in [0.29, 0.717) is 11.2 Å². The van der Waals surface area contributed by atoms with Crippen molar-refractivity contribution in [2.45, 2.75) is 19.4 Å². The molecule has 150 valence electrons. The van der Waals surface area contributed by atoms with Gasteiger partial charge in [0.25, 0.3) is 0 Å². The summed E-state index contributed by atoms with van der Waals surface area (Å²) >= 11 is 0. The fourth-order valence-electron chi connectivity index (χ4n) is 3.15. The van der Waals surface area contributed by atoms with Gasteiger partial charge < -0.3 is 15.6 Å². The van der Waals surface area contributed by atoms with Crippen LogP contribution < -0.4 is 15.4 Å². The first-order valence-corrected chi connectivity index (χ1v) is 9.18. The number of aliphatic carboxylic acids is 1. The average molecular weight is 393 g/mol. The summed E-state index contributed by atoms with van der Waals surface area (Å²) in [6, 6.07) is 14.7. The second-order valence-electron chi connectivity index (χ2n) is 6.82. The third-order valence-corrected chi connectivity index (χ3v) is 4.58. The predicted octanol–water partition coefficient (Wildman–Crippen LogP) is 2.60. The van der Waals surface area contributed by atoms with Gasteiger partial charge >= 0.3 is 5.97 Å². The number of ether oxygens (including phenoxy) is 1. The largest absolute Gasteiger partial charge is 0.497 e. The number of fused-ring (bicyclic) bond motifs is 1. The predicted molar refractivity (Wildman–Crippen MR) is 111 cm³/mol. The van der Waals surface area contributed by atoms with Gasteiger partial charge in [-0.2, -0.15) is 0 Å². The lowest BCUT2D eigenvalue weighted by Gasteiger charge is -2.23. The maximum atomic E-state index is 12.5. The van der Waals surface area contributed by atoms with Crippen LogP contribution in [0.25, 0.3) is 10.8 Å². The molecular weight excluding hydrogens is 370 g/mol. The molecule has 0 saturated heterocycles. The molecule has 0 unspecified atom stereocenters. The van der Waals surface area contributed by atoms with Crippen LogP contribution >= 0.6 is 0 Å². The van der Waals surface area contributed by atoms with Crippen LogP contribution in [0.1, 0.15) is 18.1 Å². The maximum absolute atomic E-state index is 12.5. The van der Waals surface area contributed by atoms with Gasteiger partial charge in [0, 0.05) is 11.6 Å². The molecule has 3 rings (SSSR count). The van der Waals surface area contributed by atoms with Crippen molar-refractivity contribution < 1.29 is 19.4 Å². The first-order valence-electron chi connectivity index (χ1n) is 9.18. The number of carbonyl (C=O) groups excluding carboxylic acids is 1. The van der Waals surface area contributed by atoms with E-state index in [4.69, 9.17) is 10.5 Å². The van der Waals surface area contributed by atoms with Crippen LogP contribution in [0.3, 0.4) is 0 Å². The summed E-state index contributed by atoms with van der Waals surface area (Å²) in [7, 11) is 1.63. The molecule has 1 aromatic heterocycles. The summed E-state index contributed by atoms with van der Waals surface area (Å²) in [5.41, 5.74) is 7.93. The van der Waals surface area contributed by atoms with Crippen molar-refractivity contribution in [1.82, 2.24) is 4.98 Å². The van der Waals surface area contributed by atoms with E-state index in [9.17, 15) is 14.7 Å². The molecule has 3 N–H and O–H groups in total. The van der Waals surface area contributed by atoms with Crippen LogP contribution in [0.15, 0.2) is 54.7 Å². The molecule has 1 heterocycles. The van der Waals surface area contributed by atoms with Gasteiger partial charge in [-0.3, -0.25) is 14.5 Å². The summed E-state index contributed by atoms with van der Waals surface area (Å²) in [4.78, 5) is 29.1. The molecule has 2 aromatic carbocycles. The van der Waals surface area contributed by atoms with Crippen LogP contribution in [0.4, 0.5) is 5.82 Å². The normalized spacial score (nSPS) is 11.8. The molecule has 3 aromatic rings. The molecular formula is C22H23N3O4. The van der Waals surface area contributed by atoms with Gasteiger partial charge in [-0.25, -0.2) is 4.98 Å². The highest BCUT2D eigenvalue weighted by atomic mass is 16.5. The number of carboxylic acid groups (broad SMARTS) is 1. The van der Waals surface area contributed by atoms with Crippen molar-refractivity contribution in [1.29, 1.82) is 0 Å². The molecule has 0 fully saturated rings. The van der Waals surface area contributed by atoms with E-state index < -0.39 is 24.5 Å². The third kappa shape index (κ3) is 4.70. The number of nitrogens with two attached hydrogens (primary N) is 1. The number of hydrogen-bond donors (Lipinski definition) is 2. The lowest BCUT2D eigenvalue weighted by atomic mass is 10.0. The molecule has 1 amide bonds. The first-order chi connectivity index (χ1) is 13.9. The average Bonchev–Trinajstić information content (AvgIpc) is 2.71. The number of benzene rings is 2. The molecule has 7 nitrogen and oxygen atoms in total. The lowest BCUT2D eigenvalue weighted by Crippen LogP contribution is -2.45. The zero-order valence-corrected chi connectivity index (χ0v) is 16.3. The molecule has 0 radical (unpaired) electrons. The number of hydrogen-bond acceptors (Lipinski definition) is 5. The Labute approximate surface area is 168 Å². The highest BCUT2D eigenvalue weighted by Crippen LogP contribution is 2.27. The van der Waals surface area contributed by atoms with Gasteiger partial charge in [0.2, 0.25) is 5.91 Å². The van der Waals surface area contributed by atoms with E-state index in [1.54, 1.807) is 13.3 Å². The summed E-state index contributed by atoms with van der Waals surface area (Å²) in [6.07, 6.45) is 2.30. The Morgan fingerprint density at radius 2 is 1.83 bits per heavy atom. The van der Waals surface area contributed by atoms with Crippen LogP contribution in [0.2, 0.25) is 0 Å². The Balaban J connectivity index is 1.96. The summed E-state index contributed by atoms with van der Waals surface area (Å²) in [5, 5.41) is 10.8. The second kappa shape index (κ2) is 8.70. The molecule has 0 spiro atoms. The first kappa shape index (κ1) is 20.3. The zero-order valence-electron chi connectivity index (χ0n) is 16.3. The number of nitrogens with zero attached hydrogens (tertiary/aromatic N) is 2. The summed E-state index contributed by atoms with van der Waals surface area (Å²) in [6.45, 7) is 1.02. The molecule has 29 heavy (non-hydrogen) atoms. The van der Waals surface area contributed by atoms with Crippen LogP contribution in [-0.4, -0.2) is 41.7 Å². The second-order valence-corrected chi connectivity index (χ2v) is 6.82. The minimum Gasteiger partial charge on any atom is -0.497 e. The van der Waals surface area contributed by atoms with E-state index in [1.165, 1.54) is 6.92 Å². The number of carboxylic acids is 1. The summed E-state index contributed by atoms with van der Waals surface area (Å²) in [5.74, 6) is -0.521. The maximum Gasteiger partial charge on any atom is 0.323 e. The van der Waals surface area contributed by atoms with Crippen molar-refractivity contribution in [2.24, 2.45) is 5.73 Å². The SMILES string of the molecule is COc1ccc(Cc2ccc3c(N(CC(=O)O)C(=O)[C@H](C)N)nccc3c2)cc1. The van der Waals surface area contributed by atoms with Gasteiger partial charge in [-0.05, 0) is 48.1 Å².